The van der Waals surface area contributed by atoms with Crippen molar-refractivity contribution in [2.24, 2.45) is 0 Å². The molecule has 2 saturated heterocycles. The molecule has 2 fully saturated rings. The number of hydrogen-bond donors (Lipinski definition) is 2. The van der Waals surface area contributed by atoms with E-state index in [1.807, 2.05) is 84.9 Å². The van der Waals surface area contributed by atoms with Crippen LogP contribution < -0.4 is 10.6 Å². The van der Waals surface area contributed by atoms with Gasteiger partial charge in [0.2, 0.25) is 0 Å². The highest BCUT2D eigenvalue weighted by atomic mass is 16.6. The maximum atomic E-state index is 12.0. The summed E-state index contributed by atoms with van der Waals surface area (Å²) in [6.07, 6.45) is -0.0165. The molecule has 2 heterocycles. The predicted molar refractivity (Wildman–Crippen MR) is 151 cm³/mol. The Morgan fingerprint density at radius 2 is 0.829 bits per heavy atom. The van der Waals surface area contributed by atoms with Crippen molar-refractivity contribution in [2.45, 2.75) is 30.3 Å². The van der Waals surface area contributed by atoms with Crippen molar-refractivity contribution in [1.29, 1.82) is 0 Å². The summed E-state index contributed by atoms with van der Waals surface area (Å²) < 4.78 is 9.34. The summed E-state index contributed by atoms with van der Waals surface area (Å²) in [5, 5.41) is 6.20. The van der Waals surface area contributed by atoms with Gasteiger partial charge < -0.3 is 20.1 Å². The highest BCUT2D eigenvalue weighted by molar-refractivity contribution is 5.99. The fraction of sp³-hybridized carbons (Fsp3) is 0.152. The standard InChI is InChI=1S/C33H26N2O6/c36-29-19-27(31(38)40-29)34-25-15-11-23(12-16-25)33(21-7-3-1-4-8-21,22-9-5-2-6-10-22)24-13-17-26(18-14-24)35-28-20-30(37)41-32(28)39/h1-18,27-28,34-35H,19-20H2. The molecule has 2 aliphatic heterocycles. The smallest absolute Gasteiger partial charge is 0.336 e. The van der Waals surface area contributed by atoms with Crippen LogP contribution in [0.5, 0.6) is 0 Å². The molecule has 0 amide bonds. The zero-order valence-corrected chi connectivity index (χ0v) is 21.9. The van der Waals surface area contributed by atoms with E-state index in [9.17, 15) is 19.2 Å². The number of benzene rings is 4. The lowest BCUT2D eigenvalue weighted by Crippen LogP contribution is -2.31. The van der Waals surface area contributed by atoms with Crippen molar-refractivity contribution in [3.8, 4) is 0 Å². The van der Waals surface area contributed by atoms with Crippen molar-refractivity contribution in [2.75, 3.05) is 10.6 Å². The first kappa shape index (κ1) is 26.0. The van der Waals surface area contributed by atoms with E-state index >= 15 is 0 Å². The van der Waals surface area contributed by atoms with Gasteiger partial charge in [0, 0.05) is 11.4 Å². The summed E-state index contributed by atoms with van der Waals surface area (Å²) in [5.74, 6) is -2.23. The monoisotopic (exact) mass is 546 g/mol. The van der Waals surface area contributed by atoms with Gasteiger partial charge in [-0.3, -0.25) is 9.59 Å². The van der Waals surface area contributed by atoms with Crippen molar-refractivity contribution < 1.29 is 28.7 Å². The molecule has 0 bridgehead atoms. The molecule has 2 aliphatic rings. The molecule has 8 heteroatoms. The van der Waals surface area contributed by atoms with Crippen molar-refractivity contribution in [3.05, 3.63) is 131 Å². The Hall–Kier alpha value is -5.24. The number of anilines is 2. The van der Waals surface area contributed by atoms with E-state index in [0.717, 1.165) is 22.3 Å². The normalized spacial score (nSPS) is 18.6. The van der Waals surface area contributed by atoms with E-state index in [-0.39, 0.29) is 12.8 Å². The SMILES string of the molecule is O=C1CC(Nc2ccc(C(c3ccccc3)(c3ccccc3)c3ccc(NC4CC(=O)OC4=O)cc3)cc2)C(=O)O1. The molecule has 204 valence electrons. The molecule has 2 unspecified atom stereocenters. The third-order valence-electron chi connectivity index (χ3n) is 7.47. The summed E-state index contributed by atoms with van der Waals surface area (Å²) in [5.41, 5.74) is 4.72. The van der Waals surface area contributed by atoms with E-state index < -0.39 is 41.4 Å². The second kappa shape index (κ2) is 10.7. The molecule has 41 heavy (non-hydrogen) atoms. The van der Waals surface area contributed by atoms with Crippen LogP contribution in [0.3, 0.4) is 0 Å². The van der Waals surface area contributed by atoms with E-state index in [1.165, 1.54) is 0 Å². The van der Waals surface area contributed by atoms with Crippen LogP contribution in [0, 0.1) is 0 Å². The molecule has 6 rings (SSSR count). The van der Waals surface area contributed by atoms with Crippen LogP contribution in [0.4, 0.5) is 11.4 Å². The van der Waals surface area contributed by atoms with Gasteiger partial charge >= 0.3 is 23.9 Å². The van der Waals surface area contributed by atoms with Crippen molar-refractivity contribution in [3.63, 3.8) is 0 Å². The summed E-state index contributed by atoms with van der Waals surface area (Å²) in [6.45, 7) is 0. The maximum absolute atomic E-state index is 12.0. The predicted octanol–water partition coefficient (Wildman–Crippen LogP) is 4.58. The minimum Gasteiger partial charge on any atom is -0.392 e. The number of nitrogens with one attached hydrogen (secondary N) is 2. The molecule has 0 spiro atoms. The third kappa shape index (κ3) is 4.96. The maximum Gasteiger partial charge on any atom is 0.336 e. The third-order valence-corrected chi connectivity index (χ3v) is 7.47. The van der Waals surface area contributed by atoms with Crippen molar-refractivity contribution in [1.82, 2.24) is 0 Å². The highest BCUT2D eigenvalue weighted by Gasteiger charge is 2.39. The Morgan fingerprint density at radius 1 is 0.488 bits per heavy atom. The zero-order chi connectivity index (χ0) is 28.4. The van der Waals surface area contributed by atoms with Crippen LogP contribution >= 0.6 is 0 Å². The molecule has 0 radical (unpaired) electrons. The number of rotatable bonds is 8. The topological polar surface area (TPSA) is 111 Å². The molecular weight excluding hydrogens is 520 g/mol. The molecule has 2 N–H and O–H groups in total. The lowest BCUT2D eigenvalue weighted by atomic mass is 9.65. The molecule has 0 aliphatic carbocycles. The van der Waals surface area contributed by atoms with Crippen LogP contribution in [0.25, 0.3) is 0 Å². The molecule has 0 aromatic heterocycles. The van der Waals surface area contributed by atoms with Gasteiger partial charge in [-0.25, -0.2) is 9.59 Å². The summed E-state index contributed by atoms with van der Waals surface area (Å²) in [6, 6.07) is 34.5. The Kier molecular flexibility index (Phi) is 6.81. The van der Waals surface area contributed by atoms with Gasteiger partial charge in [-0.15, -0.1) is 0 Å². The first-order valence-corrected chi connectivity index (χ1v) is 13.3. The van der Waals surface area contributed by atoms with Crippen LogP contribution in [-0.4, -0.2) is 36.0 Å². The molecule has 4 aromatic carbocycles. The van der Waals surface area contributed by atoms with E-state index in [2.05, 4.69) is 44.4 Å². The van der Waals surface area contributed by atoms with E-state index in [4.69, 9.17) is 0 Å². The Bertz CT molecular complexity index is 1480. The minimum absolute atomic E-state index is 0.00826. The second-order valence-corrected chi connectivity index (χ2v) is 10.0. The molecule has 4 aromatic rings. The molecule has 0 saturated carbocycles. The van der Waals surface area contributed by atoms with Gasteiger partial charge in [-0.05, 0) is 46.5 Å². The fourth-order valence-electron chi connectivity index (χ4n) is 5.58. The van der Waals surface area contributed by atoms with Gasteiger partial charge in [0.1, 0.15) is 12.1 Å². The largest absolute Gasteiger partial charge is 0.392 e. The first-order valence-electron chi connectivity index (χ1n) is 13.3. The lowest BCUT2D eigenvalue weighted by molar-refractivity contribution is -0.154. The Balaban J connectivity index is 1.43. The molecule has 2 atom stereocenters. The van der Waals surface area contributed by atoms with Gasteiger partial charge in [0.05, 0.1) is 18.3 Å². The molecular formula is C33H26N2O6. The average Bonchev–Trinajstić information content (AvgIpc) is 3.49. The quantitative estimate of drug-likeness (QED) is 0.188. The zero-order valence-electron chi connectivity index (χ0n) is 21.9. The minimum atomic E-state index is -0.718. The van der Waals surface area contributed by atoms with Gasteiger partial charge in [-0.1, -0.05) is 84.9 Å². The first-order chi connectivity index (χ1) is 19.9. The number of carbonyl (C=O) groups excluding carboxylic acids is 4. The number of esters is 4. The lowest BCUT2D eigenvalue weighted by Gasteiger charge is -2.37. The average molecular weight is 547 g/mol. The number of cyclic esters (lactones) is 4. The summed E-state index contributed by atoms with van der Waals surface area (Å²) in [7, 11) is 0. The van der Waals surface area contributed by atoms with E-state index in [0.29, 0.717) is 11.4 Å². The molecule has 8 nitrogen and oxygen atoms in total. The number of hydrogen-bond acceptors (Lipinski definition) is 8. The van der Waals surface area contributed by atoms with Crippen LogP contribution in [-0.2, 0) is 34.1 Å². The number of ether oxygens (including phenoxy) is 2. The highest BCUT2D eigenvalue weighted by Crippen LogP contribution is 2.45. The Labute approximate surface area is 236 Å². The summed E-state index contributed by atoms with van der Waals surface area (Å²) >= 11 is 0. The Morgan fingerprint density at radius 3 is 1.15 bits per heavy atom. The van der Waals surface area contributed by atoms with Crippen LogP contribution in [0.1, 0.15) is 35.1 Å². The van der Waals surface area contributed by atoms with Gasteiger partial charge in [0.15, 0.2) is 0 Å². The van der Waals surface area contributed by atoms with Crippen LogP contribution in [0.15, 0.2) is 109 Å². The van der Waals surface area contributed by atoms with Crippen molar-refractivity contribution >= 4 is 35.3 Å². The van der Waals surface area contributed by atoms with E-state index in [1.54, 1.807) is 0 Å². The van der Waals surface area contributed by atoms with Gasteiger partial charge in [-0.2, -0.15) is 0 Å². The van der Waals surface area contributed by atoms with Crippen LogP contribution in [0.2, 0.25) is 0 Å². The van der Waals surface area contributed by atoms with Gasteiger partial charge in [0.25, 0.3) is 0 Å². The summed E-state index contributed by atoms with van der Waals surface area (Å²) in [4.78, 5) is 47.0. The second-order valence-electron chi connectivity index (χ2n) is 10.0. The fourth-order valence-corrected chi connectivity index (χ4v) is 5.58. The number of carbonyl (C=O) groups is 4.